The molecule has 12 rings (SSSR count). The van der Waals surface area contributed by atoms with Crippen molar-refractivity contribution in [2.24, 2.45) is 0 Å². The standard InChI is InChI=1S/C50H30N4S/c1-2-13-31(14-3-1)32-25-27-33(28-26-32)48-50(52-39-20-8-7-19-38(39)51-48)54-41-22-10-5-17-37(41)47-43(54)30-29-42-46(47)36-16-4-9-21-40(36)53(42)44-23-12-18-35-34-15-6-11-24-45(34)55-49(35)44/h1-30H. The van der Waals surface area contributed by atoms with E-state index in [9.17, 15) is 0 Å². The van der Waals surface area contributed by atoms with Gasteiger partial charge in [0, 0.05) is 42.6 Å². The molecule has 0 saturated carbocycles. The zero-order valence-corrected chi connectivity index (χ0v) is 30.3. The van der Waals surface area contributed by atoms with Crippen molar-refractivity contribution in [3.05, 3.63) is 182 Å². The van der Waals surface area contributed by atoms with Crippen molar-refractivity contribution >= 4 is 86.2 Å². The third-order valence-electron chi connectivity index (χ3n) is 11.1. The molecule has 0 amide bonds. The summed E-state index contributed by atoms with van der Waals surface area (Å²) in [6, 6.07) is 65.1. The van der Waals surface area contributed by atoms with E-state index in [1.165, 1.54) is 69.6 Å². The van der Waals surface area contributed by atoms with Gasteiger partial charge in [-0.05, 0) is 59.7 Å². The van der Waals surface area contributed by atoms with E-state index in [0.29, 0.717) is 0 Å². The van der Waals surface area contributed by atoms with Crippen LogP contribution in [0.2, 0.25) is 0 Å². The molecule has 0 aliphatic rings. The van der Waals surface area contributed by atoms with Gasteiger partial charge in [-0.1, -0.05) is 133 Å². The second kappa shape index (κ2) is 11.7. The van der Waals surface area contributed by atoms with Crippen molar-refractivity contribution in [3.8, 4) is 33.9 Å². The minimum atomic E-state index is 0.815. The highest BCUT2D eigenvalue weighted by Gasteiger charge is 2.24. The number of nitrogens with zero attached hydrogens (tertiary/aromatic N) is 4. The van der Waals surface area contributed by atoms with Gasteiger partial charge in [0.15, 0.2) is 5.82 Å². The topological polar surface area (TPSA) is 35.6 Å². The Morgan fingerprint density at radius 3 is 1.65 bits per heavy atom. The van der Waals surface area contributed by atoms with Gasteiger partial charge in [-0.3, -0.25) is 4.57 Å². The molecule has 55 heavy (non-hydrogen) atoms. The lowest BCUT2D eigenvalue weighted by molar-refractivity contribution is 1.08. The highest BCUT2D eigenvalue weighted by molar-refractivity contribution is 7.26. The first-order valence-corrected chi connectivity index (χ1v) is 19.4. The van der Waals surface area contributed by atoms with Crippen LogP contribution < -0.4 is 0 Å². The van der Waals surface area contributed by atoms with E-state index in [0.717, 1.165) is 39.1 Å². The second-order valence-corrected chi connectivity index (χ2v) is 15.2. The van der Waals surface area contributed by atoms with Gasteiger partial charge in [0.25, 0.3) is 0 Å². The van der Waals surface area contributed by atoms with Gasteiger partial charge >= 0.3 is 0 Å². The van der Waals surface area contributed by atoms with Crippen LogP contribution in [-0.4, -0.2) is 19.1 Å². The van der Waals surface area contributed by atoms with Crippen molar-refractivity contribution in [1.82, 2.24) is 19.1 Å². The minimum Gasteiger partial charge on any atom is -0.308 e. The van der Waals surface area contributed by atoms with E-state index < -0.39 is 0 Å². The number of fused-ring (bicyclic) bond motifs is 11. The van der Waals surface area contributed by atoms with E-state index >= 15 is 0 Å². The van der Waals surface area contributed by atoms with Crippen molar-refractivity contribution < 1.29 is 0 Å². The van der Waals surface area contributed by atoms with Crippen LogP contribution in [0.5, 0.6) is 0 Å². The molecule has 4 aromatic heterocycles. The second-order valence-electron chi connectivity index (χ2n) is 14.1. The first kappa shape index (κ1) is 30.4. The summed E-state index contributed by atoms with van der Waals surface area (Å²) in [6.07, 6.45) is 0. The molecule has 0 atom stereocenters. The summed E-state index contributed by atoms with van der Waals surface area (Å²) in [7, 11) is 0. The summed E-state index contributed by atoms with van der Waals surface area (Å²) in [5.74, 6) is 0.815. The van der Waals surface area contributed by atoms with Crippen LogP contribution in [0, 0.1) is 0 Å². The van der Waals surface area contributed by atoms with Crippen LogP contribution in [0.25, 0.3) is 109 Å². The summed E-state index contributed by atoms with van der Waals surface area (Å²) < 4.78 is 7.41. The molecule has 0 fully saturated rings. The molecule has 0 spiro atoms. The van der Waals surface area contributed by atoms with Crippen LogP contribution in [0.4, 0.5) is 0 Å². The summed E-state index contributed by atoms with van der Waals surface area (Å²) >= 11 is 1.87. The summed E-state index contributed by atoms with van der Waals surface area (Å²) in [6.45, 7) is 0. The van der Waals surface area contributed by atoms with Gasteiger partial charge < -0.3 is 4.57 Å². The lowest BCUT2D eigenvalue weighted by Crippen LogP contribution is -2.03. The fourth-order valence-corrected chi connectivity index (χ4v) is 9.91. The molecule has 0 unspecified atom stereocenters. The number of aromatic nitrogens is 4. The van der Waals surface area contributed by atoms with E-state index in [1.54, 1.807) is 0 Å². The maximum absolute atomic E-state index is 5.42. The van der Waals surface area contributed by atoms with Crippen molar-refractivity contribution in [3.63, 3.8) is 0 Å². The smallest absolute Gasteiger partial charge is 0.165 e. The van der Waals surface area contributed by atoms with E-state index in [4.69, 9.17) is 9.97 Å². The Hall–Kier alpha value is -7.08. The molecule has 0 N–H and O–H groups in total. The maximum Gasteiger partial charge on any atom is 0.165 e. The van der Waals surface area contributed by atoms with E-state index in [-0.39, 0.29) is 0 Å². The molecule has 0 radical (unpaired) electrons. The molecule has 0 saturated heterocycles. The van der Waals surface area contributed by atoms with Gasteiger partial charge in [-0.25, -0.2) is 9.97 Å². The molecule has 5 heteroatoms. The zero-order chi connectivity index (χ0) is 36.0. The quantitative estimate of drug-likeness (QED) is 0.182. The Bertz CT molecular complexity index is 3480. The van der Waals surface area contributed by atoms with E-state index in [1.807, 2.05) is 23.5 Å². The molecule has 4 nitrogen and oxygen atoms in total. The third kappa shape index (κ3) is 4.45. The highest BCUT2D eigenvalue weighted by atomic mass is 32.1. The van der Waals surface area contributed by atoms with Crippen LogP contribution in [0.1, 0.15) is 0 Å². The predicted molar refractivity (Wildman–Crippen MR) is 232 cm³/mol. The summed E-state index contributed by atoms with van der Waals surface area (Å²) in [5.41, 5.74) is 11.7. The summed E-state index contributed by atoms with van der Waals surface area (Å²) in [5, 5.41) is 7.46. The number of hydrogen-bond acceptors (Lipinski definition) is 3. The number of thiophene rings is 1. The molecule has 0 bridgehead atoms. The first-order chi connectivity index (χ1) is 27.3. The monoisotopic (exact) mass is 718 g/mol. The molecule has 8 aromatic carbocycles. The third-order valence-corrected chi connectivity index (χ3v) is 12.3. The van der Waals surface area contributed by atoms with Crippen LogP contribution >= 0.6 is 11.3 Å². The van der Waals surface area contributed by atoms with Gasteiger partial charge in [0.1, 0.15) is 5.69 Å². The maximum atomic E-state index is 5.42. The van der Waals surface area contributed by atoms with Gasteiger partial charge in [0.2, 0.25) is 0 Å². The zero-order valence-electron chi connectivity index (χ0n) is 29.5. The van der Waals surface area contributed by atoms with Crippen LogP contribution in [-0.2, 0) is 0 Å². The minimum absolute atomic E-state index is 0.815. The molecule has 0 aliphatic carbocycles. The number of para-hydroxylation sites is 4. The van der Waals surface area contributed by atoms with Gasteiger partial charge in [0.05, 0.1) is 43.5 Å². The van der Waals surface area contributed by atoms with Crippen LogP contribution in [0.3, 0.4) is 0 Å². The Labute approximate surface area is 319 Å². The fourth-order valence-electron chi connectivity index (χ4n) is 8.71. The Morgan fingerprint density at radius 1 is 0.364 bits per heavy atom. The molecular formula is C50H30N4S. The largest absolute Gasteiger partial charge is 0.308 e. The molecule has 256 valence electrons. The van der Waals surface area contributed by atoms with Gasteiger partial charge in [-0.2, -0.15) is 0 Å². The van der Waals surface area contributed by atoms with Gasteiger partial charge in [-0.15, -0.1) is 11.3 Å². The molecule has 4 heterocycles. The SMILES string of the molecule is c1ccc(-c2ccc(-c3nc4ccccc4nc3-n3c4ccccc4c4c5c6ccccc6n(-c6cccc7c6sc6ccccc67)c5ccc43)cc2)cc1. The van der Waals surface area contributed by atoms with Crippen molar-refractivity contribution in [2.45, 2.75) is 0 Å². The van der Waals surface area contributed by atoms with E-state index in [2.05, 4.69) is 179 Å². The lowest BCUT2D eigenvalue weighted by Gasteiger charge is -2.14. The summed E-state index contributed by atoms with van der Waals surface area (Å²) in [4.78, 5) is 10.8. The van der Waals surface area contributed by atoms with Crippen LogP contribution in [0.15, 0.2) is 182 Å². The number of rotatable bonds is 4. The Balaban J connectivity index is 1.17. The predicted octanol–water partition coefficient (Wildman–Crippen LogP) is 13.5. The fraction of sp³-hybridized carbons (Fsp3) is 0. The molecular weight excluding hydrogens is 689 g/mol. The first-order valence-electron chi connectivity index (χ1n) is 18.6. The number of benzene rings is 8. The lowest BCUT2D eigenvalue weighted by atomic mass is 10.0. The number of hydrogen-bond donors (Lipinski definition) is 0. The van der Waals surface area contributed by atoms with Crippen molar-refractivity contribution in [1.29, 1.82) is 0 Å². The Kier molecular flexibility index (Phi) is 6.47. The molecule has 12 aromatic rings. The van der Waals surface area contributed by atoms with Crippen molar-refractivity contribution in [2.75, 3.05) is 0 Å². The Morgan fingerprint density at radius 2 is 0.909 bits per heavy atom. The molecule has 0 aliphatic heterocycles. The average Bonchev–Trinajstić information content (AvgIpc) is 3.91. The highest BCUT2D eigenvalue weighted by Crippen LogP contribution is 2.45. The normalized spacial score (nSPS) is 12.0. The average molecular weight is 719 g/mol.